The molecule has 1 aromatic rings. The van der Waals surface area contributed by atoms with E-state index in [0.717, 1.165) is 19.1 Å². The first-order valence-electron chi connectivity index (χ1n) is 5.95. The van der Waals surface area contributed by atoms with E-state index in [4.69, 9.17) is 4.74 Å². The molecule has 0 fully saturated rings. The minimum absolute atomic E-state index is 0.0655. The Morgan fingerprint density at radius 3 is 2.53 bits per heavy atom. The third kappa shape index (κ3) is 4.24. The zero-order valence-corrected chi connectivity index (χ0v) is 12.1. The summed E-state index contributed by atoms with van der Waals surface area (Å²) in [5.41, 5.74) is 0.126. The molecule has 0 N–H and O–H groups in total. The summed E-state index contributed by atoms with van der Waals surface area (Å²) < 4.78 is 33.1. The van der Waals surface area contributed by atoms with Crippen molar-refractivity contribution < 1.29 is 22.7 Å². The lowest BCUT2D eigenvalue weighted by molar-refractivity contribution is 0.0595. The molecule has 1 aromatic carbocycles. The fourth-order valence-electron chi connectivity index (χ4n) is 1.46. The summed E-state index contributed by atoms with van der Waals surface area (Å²) in [5.74, 6) is -0.273. The van der Waals surface area contributed by atoms with E-state index in [2.05, 4.69) is 4.74 Å². The summed E-state index contributed by atoms with van der Waals surface area (Å²) in [6.07, 6.45) is 2.91. The van der Waals surface area contributed by atoms with Crippen LogP contribution < -0.4 is 4.74 Å². The number of carbonyl (C=O) groups is 1. The van der Waals surface area contributed by atoms with E-state index in [1.165, 1.54) is 25.3 Å². The number of unbranched alkanes of at least 4 members (excludes halogenated alkanes) is 1. The number of sulfone groups is 1. The fraction of sp³-hybridized carbons (Fsp3) is 0.462. The highest BCUT2D eigenvalue weighted by atomic mass is 32.2. The first-order chi connectivity index (χ1) is 8.90. The lowest BCUT2D eigenvalue weighted by Gasteiger charge is -2.11. The van der Waals surface area contributed by atoms with Crippen LogP contribution in [0.2, 0.25) is 0 Å². The van der Waals surface area contributed by atoms with Gasteiger partial charge in [0.15, 0.2) is 9.84 Å². The number of hydrogen-bond donors (Lipinski definition) is 0. The van der Waals surface area contributed by atoms with Crippen molar-refractivity contribution in [2.75, 3.05) is 20.0 Å². The monoisotopic (exact) mass is 286 g/mol. The van der Waals surface area contributed by atoms with E-state index in [-0.39, 0.29) is 10.5 Å². The standard InChI is InChI=1S/C13H18O5S/c1-4-5-8-18-12-7-6-10(19(3,15)16)9-11(12)13(14)17-2/h6-7,9H,4-5,8H2,1-3H3. The van der Waals surface area contributed by atoms with Crippen molar-refractivity contribution in [1.82, 2.24) is 0 Å². The van der Waals surface area contributed by atoms with Crippen LogP contribution in [0.4, 0.5) is 0 Å². The van der Waals surface area contributed by atoms with Gasteiger partial charge in [-0.3, -0.25) is 0 Å². The molecule has 0 bridgehead atoms. The van der Waals surface area contributed by atoms with Crippen LogP contribution in [0.15, 0.2) is 23.1 Å². The van der Waals surface area contributed by atoms with Crippen molar-refractivity contribution >= 4 is 15.8 Å². The average molecular weight is 286 g/mol. The summed E-state index contributed by atoms with van der Waals surface area (Å²) in [5, 5.41) is 0. The normalized spacial score (nSPS) is 11.1. The van der Waals surface area contributed by atoms with Gasteiger partial charge in [-0.15, -0.1) is 0 Å². The molecule has 0 saturated carbocycles. The van der Waals surface area contributed by atoms with E-state index in [1.54, 1.807) is 0 Å². The fourth-order valence-corrected chi connectivity index (χ4v) is 2.11. The maximum absolute atomic E-state index is 11.6. The van der Waals surface area contributed by atoms with Crippen LogP contribution >= 0.6 is 0 Å². The first kappa shape index (κ1) is 15.5. The van der Waals surface area contributed by atoms with Gasteiger partial charge >= 0.3 is 5.97 Å². The second-order valence-electron chi connectivity index (χ2n) is 4.12. The van der Waals surface area contributed by atoms with Gasteiger partial charge in [0, 0.05) is 6.26 Å². The Labute approximate surface area is 113 Å². The van der Waals surface area contributed by atoms with Crippen LogP contribution in [0.5, 0.6) is 5.75 Å². The maximum Gasteiger partial charge on any atom is 0.341 e. The van der Waals surface area contributed by atoms with Crippen LogP contribution in [0.1, 0.15) is 30.1 Å². The number of rotatable bonds is 6. The second kappa shape index (κ2) is 6.56. The van der Waals surface area contributed by atoms with Crippen molar-refractivity contribution in [3.05, 3.63) is 23.8 Å². The lowest BCUT2D eigenvalue weighted by Crippen LogP contribution is -2.08. The van der Waals surface area contributed by atoms with Gasteiger partial charge in [0.25, 0.3) is 0 Å². The Bertz CT molecular complexity index is 548. The molecule has 0 aliphatic rings. The van der Waals surface area contributed by atoms with Gasteiger partial charge < -0.3 is 9.47 Å². The Hall–Kier alpha value is -1.56. The summed E-state index contributed by atoms with van der Waals surface area (Å²) in [6.45, 7) is 2.50. The van der Waals surface area contributed by atoms with Crippen LogP contribution in [0, 0.1) is 0 Å². The number of carbonyl (C=O) groups excluding carboxylic acids is 1. The number of methoxy groups -OCH3 is 1. The van der Waals surface area contributed by atoms with Crippen LogP contribution in [0.3, 0.4) is 0 Å². The molecule has 19 heavy (non-hydrogen) atoms. The molecule has 0 amide bonds. The van der Waals surface area contributed by atoms with Gasteiger partial charge in [-0.1, -0.05) is 13.3 Å². The molecule has 0 unspecified atom stereocenters. The van der Waals surface area contributed by atoms with Crippen molar-refractivity contribution in [2.24, 2.45) is 0 Å². The summed E-state index contributed by atoms with van der Waals surface area (Å²) in [4.78, 5) is 11.7. The Balaban J connectivity index is 3.14. The van der Waals surface area contributed by atoms with E-state index in [9.17, 15) is 13.2 Å². The smallest absolute Gasteiger partial charge is 0.341 e. The Morgan fingerprint density at radius 2 is 2.00 bits per heavy atom. The zero-order chi connectivity index (χ0) is 14.5. The van der Waals surface area contributed by atoms with Crippen molar-refractivity contribution in [2.45, 2.75) is 24.7 Å². The van der Waals surface area contributed by atoms with E-state index in [1.807, 2.05) is 6.92 Å². The summed E-state index contributed by atoms with van der Waals surface area (Å²) >= 11 is 0. The van der Waals surface area contributed by atoms with Crippen LogP contribution in [-0.2, 0) is 14.6 Å². The number of benzene rings is 1. The first-order valence-corrected chi connectivity index (χ1v) is 7.84. The number of esters is 1. The van der Waals surface area contributed by atoms with E-state index < -0.39 is 15.8 Å². The molecule has 0 heterocycles. The molecule has 0 atom stereocenters. The van der Waals surface area contributed by atoms with Gasteiger partial charge in [0.2, 0.25) is 0 Å². The Morgan fingerprint density at radius 1 is 1.32 bits per heavy atom. The molecule has 6 heteroatoms. The van der Waals surface area contributed by atoms with Gasteiger partial charge in [-0.2, -0.15) is 0 Å². The molecular formula is C13H18O5S. The lowest BCUT2D eigenvalue weighted by atomic mass is 10.2. The van der Waals surface area contributed by atoms with Crippen molar-refractivity contribution in [3.63, 3.8) is 0 Å². The van der Waals surface area contributed by atoms with Crippen molar-refractivity contribution in [1.29, 1.82) is 0 Å². The highest BCUT2D eigenvalue weighted by molar-refractivity contribution is 7.90. The highest BCUT2D eigenvalue weighted by Crippen LogP contribution is 2.23. The van der Waals surface area contributed by atoms with E-state index >= 15 is 0 Å². The van der Waals surface area contributed by atoms with E-state index in [0.29, 0.717) is 12.4 Å². The molecule has 0 spiro atoms. The summed E-state index contributed by atoms with van der Waals surface area (Å²) in [6, 6.07) is 4.18. The number of hydrogen-bond acceptors (Lipinski definition) is 5. The van der Waals surface area contributed by atoms with Crippen molar-refractivity contribution in [3.8, 4) is 5.75 Å². The van der Waals surface area contributed by atoms with Crippen LogP contribution in [-0.4, -0.2) is 34.4 Å². The minimum Gasteiger partial charge on any atom is -0.493 e. The van der Waals surface area contributed by atoms with Gasteiger partial charge in [-0.05, 0) is 24.6 Å². The maximum atomic E-state index is 11.6. The Kier molecular flexibility index (Phi) is 5.35. The largest absolute Gasteiger partial charge is 0.493 e. The third-order valence-electron chi connectivity index (χ3n) is 2.54. The van der Waals surface area contributed by atoms with Crippen LogP contribution in [0.25, 0.3) is 0 Å². The molecular weight excluding hydrogens is 268 g/mol. The molecule has 0 aromatic heterocycles. The minimum atomic E-state index is -3.37. The molecule has 1 rings (SSSR count). The molecule has 0 saturated heterocycles. The number of ether oxygens (including phenoxy) is 2. The van der Waals surface area contributed by atoms with Gasteiger partial charge in [0.1, 0.15) is 11.3 Å². The highest BCUT2D eigenvalue weighted by Gasteiger charge is 2.17. The predicted molar refractivity (Wildman–Crippen MR) is 71.3 cm³/mol. The second-order valence-corrected chi connectivity index (χ2v) is 6.14. The third-order valence-corrected chi connectivity index (χ3v) is 3.65. The van der Waals surface area contributed by atoms with Gasteiger partial charge in [0.05, 0.1) is 18.6 Å². The molecule has 0 aliphatic heterocycles. The molecule has 5 nitrogen and oxygen atoms in total. The molecule has 106 valence electrons. The van der Waals surface area contributed by atoms with Gasteiger partial charge in [-0.25, -0.2) is 13.2 Å². The topological polar surface area (TPSA) is 69.7 Å². The predicted octanol–water partition coefficient (Wildman–Crippen LogP) is 2.06. The molecule has 0 radical (unpaired) electrons. The molecule has 0 aliphatic carbocycles. The zero-order valence-electron chi connectivity index (χ0n) is 11.3. The average Bonchev–Trinajstić information content (AvgIpc) is 2.37. The quantitative estimate of drug-likeness (QED) is 0.591. The SMILES string of the molecule is CCCCOc1ccc(S(C)(=O)=O)cc1C(=O)OC. The summed E-state index contributed by atoms with van der Waals surface area (Å²) in [7, 11) is -2.13.